The molecule has 15 heavy (non-hydrogen) atoms. The van der Waals surface area contributed by atoms with Crippen molar-refractivity contribution >= 4 is 9.28 Å². The molecule has 3 nitrogen and oxygen atoms in total. The van der Waals surface area contributed by atoms with Gasteiger partial charge in [0.1, 0.15) is 0 Å². The molecule has 0 aromatic rings. The van der Waals surface area contributed by atoms with Gasteiger partial charge in [-0.2, -0.15) is 0 Å². The van der Waals surface area contributed by atoms with E-state index in [-0.39, 0.29) is 0 Å². The summed E-state index contributed by atoms with van der Waals surface area (Å²) in [6, 6.07) is 1.13. The molecule has 1 aliphatic carbocycles. The SMILES string of the molecule is CO[SiH](CC(C)C1CCC2OC2C1)OC. The third-order valence-corrected chi connectivity index (χ3v) is 6.12. The molecule has 2 fully saturated rings. The molecule has 0 amide bonds. The summed E-state index contributed by atoms with van der Waals surface area (Å²) < 4.78 is 16.3. The van der Waals surface area contributed by atoms with Crippen molar-refractivity contribution in [2.45, 2.75) is 44.4 Å². The van der Waals surface area contributed by atoms with Crippen LogP contribution in [0.1, 0.15) is 26.2 Å². The third-order valence-electron chi connectivity index (χ3n) is 3.94. The molecule has 1 aliphatic heterocycles. The van der Waals surface area contributed by atoms with Gasteiger partial charge >= 0.3 is 9.28 Å². The van der Waals surface area contributed by atoms with Crippen LogP contribution in [0, 0.1) is 11.8 Å². The lowest BCUT2D eigenvalue weighted by molar-refractivity contribution is 0.243. The number of epoxide rings is 1. The Hall–Kier alpha value is 0.0969. The first kappa shape index (κ1) is 11.6. The number of hydrogen-bond donors (Lipinski definition) is 0. The molecule has 1 heterocycles. The summed E-state index contributed by atoms with van der Waals surface area (Å²) in [7, 11) is 2.18. The van der Waals surface area contributed by atoms with Gasteiger partial charge in [-0.15, -0.1) is 0 Å². The van der Waals surface area contributed by atoms with Crippen LogP contribution < -0.4 is 0 Å². The van der Waals surface area contributed by atoms with E-state index in [0.717, 1.165) is 17.9 Å². The summed E-state index contributed by atoms with van der Waals surface area (Å²) in [6.45, 7) is 2.34. The van der Waals surface area contributed by atoms with Crippen LogP contribution in [-0.4, -0.2) is 35.7 Å². The summed E-state index contributed by atoms with van der Waals surface area (Å²) in [4.78, 5) is 0. The maximum atomic E-state index is 5.56. The Morgan fingerprint density at radius 2 is 2.00 bits per heavy atom. The standard InChI is InChI=1S/C11H22O3Si/c1-8(7-15(12-2)13-3)9-4-5-10-11(6-9)14-10/h8-11,15H,4-7H2,1-3H3. The largest absolute Gasteiger partial charge is 0.400 e. The van der Waals surface area contributed by atoms with E-state index in [2.05, 4.69) is 6.92 Å². The first-order valence-corrected chi connectivity index (χ1v) is 7.71. The number of hydrogen-bond acceptors (Lipinski definition) is 3. The van der Waals surface area contributed by atoms with E-state index in [4.69, 9.17) is 13.6 Å². The molecule has 0 radical (unpaired) electrons. The average molecular weight is 230 g/mol. The van der Waals surface area contributed by atoms with Gasteiger partial charge in [0.25, 0.3) is 0 Å². The second-order valence-electron chi connectivity index (χ2n) is 4.90. The van der Waals surface area contributed by atoms with Gasteiger partial charge in [-0.1, -0.05) is 6.92 Å². The van der Waals surface area contributed by atoms with Crippen molar-refractivity contribution in [2.75, 3.05) is 14.2 Å². The molecule has 1 saturated heterocycles. The van der Waals surface area contributed by atoms with Crippen LogP contribution in [0.2, 0.25) is 6.04 Å². The topological polar surface area (TPSA) is 31.0 Å². The molecule has 0 aromatic heterocycles. The van der Waals surface area contributed by atoms with Gasteiger partial charge in [0.05, 0.1) is 12.2 Å². The van der Waals surface area contributed by atoms with Gasteiger partial charge in [-0.3, -0.25) is 0 Å². The van der Waals surface area contributed by atoms with Crippen LogP contribution in [0.3, 0.4) is 0 Å². The van der Waals surface area contributed by atoms with Crippen molar-refractivity contribution < 1.29 is 13.6 Å². The normalized spacial score (nSPS) is 36.4. The number of rotatable bonds is 5. The molecule has 0 bridgehead atoms. The molecule has 0 aromatic carbocycles. The molecular formula is C11H22O3Si. The summed E-state index contributed by atoms with van der Waals surface area (Å²) in [5.74, 6) is 1.56. The fourth-order valence-corrected chi connectivity index (χ4v) is 4.31. The van der Waals surface area contributed by atoms with E-state index in [1.54, 1.807) is 14.2 Å². The molecule has 2 aliphatic rings. The minimum Gasteiger partial charge on any atom is -0.400 e. The van der Waals surface area contributed by atoms with Gasteiger partial charge in [-0.25, -0.2) is 0 Å². The predicted molar refractivity (Wildman–Crippen MR) is 61.1 cm³/mol. The predicted octanol–water partition coefficient (Wildman–Crippen LogP) is 1.70. The Morgan fingerprint density at radius 1 is 1.27 bits per heavy atom. The van der Waals surface area contributed by atoms with Crippen LogP contribution in [-0.2, 0) is 13.6 Å². The fourth-order valence-electron chi connectivity index (χ4n) is 2.74. The molecule has 1 saturated carbocycles. The van der Waals surface area contributed by atoms with Crippen molar-refractivity contribution in [3.05, 3.63) is 0 Å². The molecule has 4 unspecified atom stereocenters. The van der Waals surface area contributed by atoms with Crippen LogP contribution in [0.15, 0.2) is 0 Å². The molecule has 88 valence electrons. The lowest BCUT2D eigenvalue weighted by atomic mass is 9.82. The third kappa shape index (κ3) is 2.81. The maximum absolute atomic E-state index is 5.56. The first-order chi connectivity index (χ1) is 7.24. The molecule has 4 heteroatoms. The van der Waals surface area contributed by atoms with Crippen molar-refractivity contribution in [1.82, 2.24) is 0 Å². The molecule has 4 atom stereocenters. The Kier molecular flexibility index (Phi) is 3.82. The van der Waals surface area contributed by atoms with Gasteiger partial charge in [-0.05, 0) is 37.1 Å². The summed E-state index contributed by atoms with van der Waals surface area (Å²) >= 11 is 0. The maximum Gasteiger partial charge on any atom is 0.321 e. The van der Waals surface area contributed by atoms with E-state index in [1.165, 1.54) is 19.3 Å². The van der Waals surface area contributed by atoms with E-state index in [9.17, 15) is 0 Å². The summed E-state index contributed by atoms with van der Waals surface area (Å²) in [6.07, 6.45) is 5.08. The van der Waals surface area contributed by atoms with Crippen LogP contribution >= 0.6 is 0 Å². The van der Waals surface area contributed by atoms with Crippen molar-refractivity contribution in [2.24, 2.45) is 11.8 Å². The van der Waals surface area contributed by atoms with Crippen molar-refractivity contribution in [1.29, 1.82) is 0 Å². The molecule has 0 N–H and O–H groups in total. The Labute approximate surface area is 93.9 Å². The smallest absolute Gasteiger partial charge is 0.321 e. The number of fused-ring (bicyclic) bond motifs is 1. The minimum atomic E-state index is -1.37. The lowest BCUT2D eigenvalue weighted by Gasteiger charge is -2.27. The highest BCUT2D eigenvalue weighted by molar-refractivity contribution is 6.44. The zero-order valence-electron chi connectivity index (χ0n) is 9.94. The summed E-state index contributed by atoms with van der Waals surface area (Å²) in [5.41, 5.74) is 0. The van der Waals surface area contributed by atoms with Crippen LogP contribution in [0.5, 0.6) is 0 Å². The quantitative estimate of drug-likeness (QED) is 0.532. The van der Waals surface area contributed by atoms with Crippen molar-refractivity contribution in [3.8, 4) is 0 Å². The Bertz CT molecular complexity index is 208. The van der Waals surface area contributed by atoms with E-state index in [1.807, 2.05) is 0 Å². The Balaban J connectivity index is 1.76. The van der Waals surface area contributed by atoms with Crippen molar-refractivity contribution in [3.63, 3.8) is 0 Å². The lowest BCUT2D eigenvalue weighted by Crippen LogP contribution is -2.27. The van der Waals surface area contributed by atoms with Crippen LogP contribution in [0.25, 0.3) is 0 Å². The fraction of sp³-hybridized carbons (Fsp3) is 1.00. The average Bonchev–Trinajstić information content (AvgIpc) is 3.03. The number of ether oxygens (including phenoxy) is 1. The zero-order chi connectivity index (χ0) is 10.8. The van der Waals surface area contributed by atoms with Gasteiger partial charge < -0.3 is 13.6 Å². The van der Waals surface area contributed by atoms with Gasteiger partial charge in [0.15, 0.2) is 0 Å². The molecule has 0 spiro atoms. The van der Waals surface area contributed by atoms with Crippen LogP contribution in [0.4, 0.5) is 0 Å². The highest BCUT2D eigenvalue weighted by atomic mass is 28.3. The van der Waals surface area contributed by atoms with Gasteiger partial charge in [0.2, 0.25) is 0 Å². The monoisotopic (exact) mass is 230 g/mol. The highest BCUT2D eigenvalue weighted by Crippen LogP contribution is 2.43. The second kappa shape index (κ2) is 4.95. The minimum absolute atomic E-state index is 0.594. The zero-order valence-corrected chi connectivity index (χ0v) is 11.1. The second-order valence-corrected chi connectivity index (χ2v) is 7.17. The van der Waals surface area contributed by atoms with E-state index in [0.29, 0.717) is 12.2 Å². The first-order valence-electron chi connectivity index (χ1n) is 5.95. The highest BCUT2D eigenvalue weighted by Gasteiger charge is 2.45. The van der Waals surface area contributed by atoms with Gasteiger partial charge in [0, 0.05) is 14.2 Å². The Morgan fingerprint density at radius 3 is 2.60 bits per heavy atom. The summed E-state index contributed by atoms with van der Waals surface area (Å²) in [5, 5.41) is 0. The van der Waals surface area contributed by atoms with E-state index >= 15 is 0 Å². The van der Waals surface area contributed by atoms with E-state index < -0.39 is 9.28 Å². The molecule has 2 rings (SSSR count). The molecular weight excluding hydrogens is 208 g/mol.